The molecule has 1 aliphatic carbocycles. The Balaban J connectivity index is 1.31. The summed E-state index contributed by atoms with van der Waals surface area (Å²) in [4.78, 5) is 38.9. The summed E-state index contributed by atoms with van der Waals surface area (Å²) in [7, 11) is 0. The predicted molar refractivity (Wildman–Crippen MR) is 125 cm³/mol. The van der Waals surface area contributed by atoms with E-state index in [1.54, 1.807) is 11.1 Å². The Morgan fingerprint density at radius 3 is 2.88 bits per heavy atom. The van der Waals surface area contributed by atoms with Gasteiger partial charge in [0.05, 0.1) is 11.3 Å². The van der Waals surface area contributed by atoms with Gasteiger partial charge in [-0.3, -0.25) is 14.9 Å². The van der Waals surface area contributed by atoms with E-state index in [2.05, 4.69) is 40.1 Å². The van der Waals surface area contributed by atoms with Crippen LogP contribution in [0.15, 0.2) is 29.4 Å². The fraction of sp³-hybridized carbons (Fsp3) is 0.565. The van der Waals surface area contributed by atoms with Crippen LogP contribution < -0.4 is 16.5 Å². The van der Waals surface area contributed by atoms with E-state index in [1.807, 2.05) is 0 Å². The number of likely N-dealkylation sites (tertiary alicyclic amines) is 1. The summed E-state index contributed by atoms with van der Waals surface area (Å²) >= 11 is 1.53. The molecule has 0 saturated carbocycles. The maximum atomic E-state index is 13.2. The first-order valence-corrected chi connectivity index (χ1v) is 12.4. The van der Waals surface area contributed by atoms with Gasteiger partial charge in [0.1, 0.15) is 11.8 Å². The van der Waals surface area contributed by atoms with Crippen LogP contribution in [0.5, 0.6) is 0 Å². The van der Waals surface area contributed by atoms with Gasteiger partial charge in [-0.15, -0.1) is 11.8 Å². The number of amides is 3. The van der Waals surface area contributed by atoms with Gasteiger partial charge in [0.2, 0.25) is 5.91 Å². The lowest BCUT2D eigenvalue weighted by molar-refractivity contribution is -0.134. The summed E-state index contributed by atoms with van der Waals surface area (Å²) in [5, 5.41) is 6.71. The first-order valence-electron chi connectivity index (χ1n) is 11.4. The minimum absolute atomic E-state index is 0.0621. The van der Waals surface area contributed by atoms with Crippen LogP contribution in [0.1, 0.15) is 43.2 Å². The van der Waals surface area contributed by atoms with E-state index in [-0.39, 0.29) is 23.0 Å². The summed E-state index contributed by atoms with van der Waals surface area (Å²) in [5.74, 6) is 1.23. The predicted octanol–water partition coefficient (Wildman–Crippen LogP) is 1.82. The van der Waals surface area contributed by atoms with E-state index in [0.29, 0.717) is 24.8 Å². The van der Waals surface area contributed by atoms with E-state index in [1.165, 1.54) is 22.9 Å². The average molecular weight is 458 g/mol. The Morgan fingerprint density at radius 1 is 1.25 bits per heavy atom. The highest BCUT2D eigenvalue weighted by atomic mass is 32.2. The number of primary amides is 1. The number of nitrogens with one attached hydrogen (secondary N) is 2. The summed E-state index contributed by atoms with van der Waals surface area (Å²) in [6.07, 6.45) is 7.82. The number of Topliss-reactive ketones (excluding diaryl/α,β-unsaturated/α-hetero) is 1. The van der Waals surface area contributed by atoms with Crippen molar-refractivity contribution in [2.45, 2.75) is 62.3 Å². The maximum Gasteiger partial charge on any atom is 0.332 e. The van der Waals surface area contributed by atoms with Gasteiger partial charge in [-0.2, -0.15) is 5.10 Å². The van der Waals surface area contributed by atoms with Gasteiger partial charge in [-0.25, -0.2) is 10.2 Å². The molecule has 4 atom stereocenters. The lowest BCUT2D eigenvalue weighted by atomic mass is 9.81. The van der Waals surface area contributed by atoms with Crippen molar-refractivity contribution in [1.82, 2.24) is 15.6 Å². The quantitative estimate of drug-likeness (QED) is 0.427. The Hall–Kier alpha value is -2.39. The average Bonchev–Trinajstić information content (AvgIpc) is 3.46. The molecule has 32 heavy (non-hydrogen) atoms. The van der Waals surface area contributed by atoms with Gasteiger partial charge in [0.25, 0.3) is 0 Å². The van der Waals surface area contributed by atoms with E-state index < -0.39 is 12.1 Å². The number of carbonyl (C=O) groups excluding carboxylic acids is 3. The van der Waals surface area contributed by atoms with Gasteiger partial charge in [0, 0.05) is 25.1 Å². The molecule has 0 bridgehead atoms. The first kappa shape index (κ1) is 22.8. The number of nitrogens with zero attached hydrogens (tertiary/aromatic N) is 2. The van der Waals surface area contributed by atoms with E-state index in [4.69, 9.17) is 5.73 Å². The molecule has 1 aromatic rings. The number of urea groups is 1. The number of ketones is 1. The minimum Gasteiger partial charge on any atom is -0.350 e. The molecule has 2 saturated heterocycles. The molecule has 4 N–H and O–H groups in total. The van der Waals surface area contributed by atoms with Crippen LogP contribution in [0.2, 0.25) is 0 Å². The van der Waals surface area contributed by atoms with Crippen LogP contribution in [-0.4, -0.2) is 58.6 Å². The van der Waals surface area contributed by atoms with Crippen LogP contribution in [0.4, 0.5) is 4.79 Å². The fourth-order valence-electron chi connectivity index (χ4n) is 5.02. The van der Waals surface area contributed by atoms with Crippen molar-refractivity contribution in [3.05, 3.63) is 35.4 Å². The van der Waals surface area contributed by atoms with E-state index >= 15 is 0 Å². The second kappa shape index (κ2) is 10.5. The third-order valence-corrected chi connectivity index (χ3v) is 7.93. The van der Waals surface area contributed by atoms with Crippen LogP contribution >= 0.6 is 11.8 Å². The van der Waals surface area contributed by atoms with Crippen LogP contribution in [0, 0.1) is 5.92 Å². The SMILES string of the molecule is NC(=O)NN=C[C@@H]1CCCN1C(=O)[C@H]1NCSC1C(=O)CC[C@@H]1CCc2ccccc2C1. The zero-order valence-electron chi connectivity index (χ0n) is 18.2. The third-order valence-electron chi connectivity index (χ3n) is 6.70. The molecule has 0 aromatic heterocycles. The molecule has 2 fully saturated rings. The number of aryl methyl sites for hydroxylation is 1. The molecule has 2 heterocycles. The van der Waals surface area contributed by atoms with Crippen molar-refractivity contribution in [2.75, 3.05) is 12.4 Å². The molecule has 2 aliphatic heterocycles. The highest BCUT2D eigenvalue weighted by Gasteiger charge is 2.42. The summed E-state index contributed by atoms with van der Waals surface area (Å²) < 4.78 is 0. The van der Waals surface area contributed by atoms with E-state index in [0.717, 1.165) is 38.5 Å². The molecule has 4 rings (SSSR count). The van der Waals surface area contributed by atoms with E-state index in [9.17, 15) is 14.4 Å². The number of carbonyl (C=O) groups is 3. The summed E-state index contributed by atoms with van der Waals surface area (Å²) in [6.45, 7) is 0.622. The van der Waals surface area contributed by atoms with Crippen molar-refractivity contribution in [3.63, 3.8) is 0 Å². The van der Waals surface area contributed by atoms with Crippen LogP contribution in [0.25, 0.3) is 0 Å². The number of rotatable bonds is 7. The molecule has 0 radical (unpaired) electrons. The number of fused-ring (bicyclic) bond motifs is 1. The summed E-state index contributed by atoms with van der Waals surface area (Å²) in [5.41, 5.74) is 10.1. The van der Waals surface area contributed by atoms with Crippen molar-refractivity contribution < 1.29 is 14.4 Å². The van der Waals surface area contributed by atoms with Gasteiger partial charge in [0.15, 0.2) is 0 Å². The number of nitrogens with two attached hydrogens (primary N) is 1. The number of thioether (sulfide) groups is 1. The molecular formula is C23H31N5O3S. The third kappa shape index (κ3) is 5.32. The maximum absolute atomic E-state index is 13.2. The minimum atomic E-state index is -0.738. The lowest BCUT2D eigenvalue weighted by Crippen LogP contribution is -2.51. The van der Waals surface area contributed by atoms with Crippen LogP contribution in [-0.2, 0) is 22.4 Å². The standard InChI is InChI=1S/C23H31N5O3S/c24-23(31)27-26-13-18-6-3-11-28(18)22(30)20-21(32-14-25-20)19(29)10-8-15-7-9-16-4-1-2-5-17(16)12-15/h1-2,4-5,13,15,18,20-21,25H,3,6-12,14H2,(H3,24,27,31)/t15-,18-,20-,21?/m0/s1. The second-order valence-electron chi connectivity index (χ2n) is 8.79. The molecule has 3 amide bonds. The Morgan fingerprint density at radius 2 is 2.06 bits per heavy atom. The fourth-order valence-corrected chi connectivity index (χ4v) is 6.19. The highest BCUT2D eigenvalue weighted by Crippen LogP contribution is 2.31. The normalized spacial score (nSPS) is 27.4. The molecule has 3 aliphatic rings. The number of hydrazone groups is 1. The number of benzene rings is 1. The lowest BCUT2D eigenvalue weighted by Gasteiger charge is -2.28. The number of hydrogen-bond acceptors (Lipinski definition) is 6. The molecule has 8 nitrogen and oxygen atoms in total. The molecule has 9 heteroatoms. The number of hydrogen-bond donors (Lipinski definition) is 3. The molecule has 1 unspecified atom stereocenters. The van der Waals surface area contributed by atoms with Crippen molar-refractivity contribution in [3.8, 4) is 0 Å². The Bertz CT molecular complexity index is 892. The van der Waals surface area contributed by atoms with Gasteiger partial charge >= 0.3 is 6.03 Å². The summed E-state index contributed by atoms with van der Waals surface area (Å²) in [6, 6.07) is 7.15. The molecule has 1 aromatic carbocycles. The van der Waals surface area contributed by atoms with Crippen molar-refractivity contribution >= 4 is 35.7 Å². The highest BCUT2D eigenvalue weighted by molar-refractivity contribution is 8.00. The smallest absolute Gasteiger partial charge is 0.332 e. The topological polar surface area (TPSA) is 117 Å². The van der Waals surface area contributed by atoms with Gasteiger partial charge in [-0.1, -0.05) is 24.3 Å². The van der Waals surface area contributed by atoms with Gasteiger partial charge in [-0.05, 0) is 55.6 Å². The molecular weight excluding hydrogens is 426 g/mol. The van der Waals surface area contributed by atoms with Crippen molar-refractivity contribution in [2.24, 2.45) is 16.8 Å². The Labute approximate surface area is 192 Å². The second-order valence-corrected chi connectivity index (χ2v) is 9.92. The zero-order chi connectivity index (χ0) is 22.5. The zero-order valence-corrected chi connectivity index (χ0v) is 19.0. The van der Waals surface area contributed by atoms with Crippen LogP contribution in [0.3, 0.4) is 0 Å². The first-order chi connectivity index (χ1) is 15.5. The Kier molecular flexibility index (Phi) is 7.47. The molecule has 172 valence electrons. The largest absolute Gasteiger partial charge is 0.350 e. The van der Waals surface area contributed by atoms with Crippen molar-refractivity contribution in [1.29, 1.82) is 0 Å². The molecule has 0 spiro atoms. The monoisotopic (exact) mass is 457 g/mol. The van der Waals surface area contributed by atoms with Gasteiger partial charge < -0.3 is 10.6 Å².